The Morgan fingerprint density at radius 1 is 1.39 bits per heavy atom. The van der Waals surface area contributed by atoms with Crippen molar-refractivity contribution in [3.05, 3.63) is 23.8 Å². The van der Waals surface area contributed by atoms with Gasteiger partial charge in [-0.2, -0.15) is 0 Å². The van der Waals surface area contributed by atoms with Gasteiger partial charge in [-0.05, 0) is 37.2 Å². The van der Waals surface area contributed by atoms with Crippen LogP contribution in [-0.2, 0) is 16.0 Å². The number of nitrogens with one attached hydrogen (secondary N) is 2. The van der Waals surface area contributed by atoms with Crippen LogP contribution >= 0.6 is 0 Å². The Labute approximate surface area is 106 Å². The van der Waals surface area contributed by atoms with Crippen molar-refractivity contribution in [3.63, 3.8) is 0 Å². The molecule has 0 bridgehead atoms. The van der Waals surface area contributed by atoms with E-state index in [9.17, 15) is 9.59 Å². The van der Waals surface area contributed by atoms with Crippen LogP contribution in [0.25, 0.3) is 0 Å². The molecule has 2 N–H and O–H groups in total. The van der Waals surface area contributed by atoms with Crippen molar-refractivity contribution in [3.8, 4) is 0 Å². The summed E-state index contributed by atoms with van der Waals surface area (Å²) in [5.74, 6) is 0.0622. The zero-order valence-corrected chi connectivity index (χ0v) is 10.6. The lowest BCUT2D eigenvalue weighted by Crippen LogP contribution is -2.31. The number of carbonyl (C=O) groups excluding carboxylic acids is 2. The molecule has 1 heterocycles. The normalized spacial score (nSPS) is 14.3. The summed E-state index contributed by atoms with van der Waals surface area (Å²) in [6.45, 7) is 0.287. The molecule has 18 heavy (non-hydrogen) atoms. The van der Waals surface area contributed by atoms with E-state index in [1.165, 1.54) is 0 Å². The van der Waals surface area contributed by atoms with E-state index in [-0.39, 0.29) is 18.4 Å². The van der Waals surface area contributed by atoms with Gasteiger partial charge in [0.1, 0.15) is 0 Å². The highest BCUT2D eigenvalue weighted by Gasteiger charge is 2.20. The van der Waals surface area contributed by atoms with E-state index in [1.807, 2.05) is 18.2 Å². The van der Waals surface area contributed by atoms with Crippen LogP contribution in [0.15, 0.2) is 18.2 Å². The van der Waals surface area contributed by atoms with Gasteiger partial charge in [0.2, 0.25) is 11.8 Å². The van der Waals surface area contributed by atoms with Crippen molar-refractivity contribution in [2.75, 3.05) is 30.9 Å². The third-order valence-electron chi connectivity index (χ3n) is 3.04. The molecule has 1 aliphatic heterocycles. The number of hydrogen-bond acceptors (Lipinski definition) is 3. The number of amides is 2. The van der Waals surface area contributed by atoms with Crippen molar-refractivity contribution >= 4 is 23.2 Å². The highest BCUT2D eigenvalue weighted by atomic mass is 16.2. The fourth-order valence-electron chi connectivity index (χ4n) is 2.10. The van der Waals surface area contributed by atoms with Crippen LogP contribution in [0, 0.1) is 0 Å². The maximum Gasteiger partial charge on any atom is 0.238 e. The van der Waals surface area contributed by atoms with E-state index in [1.54, 1.807) is 19.0 Å². The Kier molecular flexibility index (Phi) is 3.62. The fraction of sp³-hybridized carbons (Fsp3) is 0.385. The minimum atomic E-state index is -0.0716. The molecule has 96 valence electrons. The van der Waals surface area contributed by atoms with Crippen molar-refractivity contribution in [1.29, 1.82) is 0 Å². The molecule has 0 atom stereocenters. The fourth-order valence-corrected chi connectivity index (χ4v) is 2.10. The molecule has 0 aliphatic carbocycles. The molecule has 0 fully saturated rings. The average Bonchev–Trinajstić information content (AvgIpc) is 2.34. The van der Waals surface area contributed by atoms with Gasteiger partial charge in [-0.25, -0.2) is 0 Å². The summed E-state index contributed by atoms with van der Waals surface area (Å²) in [6, 6.07) is 5.63. The minimum absolute atomic E-state index is 0.0716. The third-order valence-corrected chi connectivity index (χ3v) is 3.04. The number of hydrogen-bond donors (Lipinski definition) is 2. The number of rotatable bonds is 3. The predicted molar refractivity (Wildman–Crippen MR) is 70.7 cm³/mol. The van der Waals surface area contributed by atoms with Crippen LogP contribution in [0.1, 0.15) is 12.0 Å². The maximum atomic E-state index is 11.6. The van der Waals surface area contributed by atoms with Crippen LogP contribution in [0.2, 0.25) is 0 Å². The van der Waals surface area contributed by atoms with Gasteiger partial charge in [-0.15, -0.1) is 0 Å². The molecular weight excluding hydrogens is 230 g/mol. The number of anilines is 2. The van der Waals surface area contributed by atoms with Gasteiger partial charge < -0.3 is 15.5 Å². The number of carbonyl (C=O) groups is 2. The number of benzene rings is 1. The van der Waals surface area contributed by atoms with Crippen LogP contribution in [0.4, 0.5) is 11.4 Å². The van der Waals surface area contributed by atoms with Gasteiger partial charge >= 0.3 is 0 Å². The highest BCUT2D eigenvalue weighted by Crippen LogP contribution is 2.29. The summed E-state index contributed by atoms with van der Waals surface area (Å²) in [4.78, 5) is 24.7. The quantitative estimate of drug-likeness (QED) is 0.828. The summed E-state index contributed by atoms with van der Waals surface area (Å²) >= 11 is 0. The molecular formula is C13H17N3O2. The Bertz CT molecular complexity index is 485. The van der Waals surface area contributed by atoms with E-state index >= 15 is 0 Å². The van der Waals surface area contributed by atoms with Crippen LogP contribution in [0.5, 0.6) is 0 Å². The minimum Gasteiger partial charge on any atom is -0.325 e. The highest BCUT2D eigenvalue weighted by molar-refractivity contribution is 5.97. The number of fused-ring (bicyclic) bond motifs is 1. The summed E-state index contributed by atoms with van der Waals surface area (Å²) in [6.07, 6.45) is 1.26. The van der Waals surface area contributed by atoms with Crippen molar-refractivity contribution in [1.82, 2.24) is 5.32 Å². The van der Waals surface area contributed by atoms with Gasteiger partial charge in [0.05, 0.1) is 6.54 Å². The number of aryl methyl sites for hydroxylation is 1. The lowest BCUT2D eigenvalue weighted by molar-refractivity contribution is -0.118. The van der Waals surface area contributed by atoms with E-state index < -0.39 is 0 Å². The molecule has 0 unspecified atom stereocenters. The molecule has 2 rings (SSSR count). The van der Waals surface area contributed by atoms with E-state index in [0.29, 0.717) is 6.42 Å². The van der Waals surface area contributed by atoms with Crippen molar-refractivity contribution < 1.29 is 9.59 Å². The van der Waals surface area contributed by atoms with Crippen LogP contribution in [0.3, 0.4) is 0 Å². The van der Waals surface area contributed by atoms with E-state index in [2.05, 4.69) is 10.6 Å². The number of likely N-dealkylation sites (N-methyl/N-ethyl adjacent to an activating group) is 1. The second kappa shape index (κ2) is 5.18. The van der Waals surface area contributed by atoms with E-state index in [4.69, 9.17) is 0 Å². The molecule has 0 saturated heterocycles. The SMILES string of the molecule is CNCC(=O)Nc1ccc2c(c1)CCC(=O)N2C. The first-order chi connectivity index (χ1) is 8.61. The lowest BCUT2D eigenvalue weighted by atomic mass is 10.0. The lowest BCUT2D eigenvalue weighted by Gasteiger charge is -2.26. The first-order valence-electron chi connectivity index (χ1n) is 5.95. The van der Waals surface area contributed by atoms with Crippen molar-refractivity contribution in [2.24, 2.45) is 0 Å². The second-order valence-corrected chi connectivity index (χ2v) is 4.37. The Morgan fingerprint density at radius 2 is 2.17 bits per heavy atom. The van der Waals surface area contributed by atoms with Gasteiger partial charge in [0.25, 0.3) is 0 Å². The zero-order chi connectivity index (χ0) is 13.1. The predicted octanol–water partition coefficient (Wildman–Crippen LogP) is 0.753. The van der Waals surface area contributed by atoms with Gasteiger partial charge in [0, 0.05) is 24.8 Å². The molecule has 0 spiro atoms. The topological polar surface area (TPSA) is 61.4 Å². The summed E-state index contributed by atoms with van der Waals surface area (Å²) in [5, 5.41) is 5.61. The number of nitrogens with zero attached hydrogens (tertiary/aromatic N) is 1. The molecule has 5 heteroatoms. The summed E-state index contributed by atoms with van der Waals surface area (Å²) in [7, 11) is 3.51. The molecule has 5 nitrogen and oxygen atoms in total. The Balaban J connectivity index is 2.18. The second-order valence-electron chi connectivity index (χ2n) is 4.37. The van der Waals surface area contributed by atoms with Gasteiger partial charge in [0.15, 0.2) is 0 Å². The van der Waals surface area contributed by atoms with Crippen LogP contribution in [-0.4, -0.2) is 32.5 Å². The maximum absolute atomic E-state index is 11.6. The average molecular weight is 247 g/mol. The van der Waals surface area contributed by atoms with Gasteiger partial charge in [-0.1, -0.05) is 0 Å². The zero-order valence-electron chi connectivity index (χ0n) is 10.6. The standard InChI is InChI=1S/C13H17N3O2/c1-14-8-12(17)15-10-4-5-11-9(7-10)3-6-13(18)16(11)2/h4-5,7,14H,3,6,8H2,1-2H3,(H,15,17). The largest absolute Gasteiger partial charge is 0.325 e. The smallest absolute Gasteiger partial charge is 0.238 e. The first kappa shape index (κ1) is 12.6. The van der Waals surface area contributed by atoms with Gasteiger partial charge in [-0.3, -0.25) is 9.59 Å². The molecule has 1 aromatic rings. The third kappa shape index (κ3) is 2.51. The Hall–Kier alpha value is -1.88. The van der Waals surface area contributed by atoms with Crippen LogP contribution < -0.4 is 15.5 Å². The molecule has 1 aromatic carbocycles. The first-order valence-corrected chi connectivity index (χ1v) is 5.95. The summed E-state index contributed by atoms with van der Waals surface area (Å²) in [5.41, 5.74) is 2.80. The van der Waals surface area contributed by atoms with E-state index in [0.717, 1.165) is 23.4 Å². The monoisotopic (exact) mass is 247 g/mol. The molecule has 2 amide bonds. The Morgan fingerprint density at radius 3 is 2.89 bits per heavy atom. The molecule has 0 saturated carbocycles. The molecule has 1 aliphatic rings. The summed E-state index contributed by atoms with van der Waals surface area (Å²) < 4.78 is 0. The molecule has 0 radical (unpaired) electrons. The van der Waals surface area contributed by atoms with Crippen molar-refractivity contribution in [2.45, 2.75) is 12.8 Å². The molecule has 0 aromatic heterocycles.